The van der Waals surface area contributed by atoms with Gasteiger partial charge in [-0.3, -0.25) is 4.79 Å². The lowest BCUT2D eigenvalue weighted by molar-refractivity contribution is -0.123. The van der Waals surface area contributed by atoms with Crippen LogP contribution in [0.15, 0.2) is 42.5 Å². The molecule has 0 spiro atoms. The fourth-order valence-electron chi connectivity index (χ4n) is 2.05. The van der Waals surface area contributed by atoms with Crippen LogP contribution < -0.4 is 14.8 Å². The molecule has 1 atom stereocenters. The molecule has 0 aromatic heterocycles. The molecule has 2 rings (SSSR count). The summed E-state index contributed by atoms with van der Waals surface area (Å²) in [6, 6.07) is 10.5. The molecule has 0 fully saturated rings. The van der Waals surface area contributed by atoms with Crippen molar-refractivity contribution >= 4 is 17.6 Å². The molecule has 0 aliphatic carbocycles. The van der Waals surface area contributed by atoms with Crippen LogP contribution in [0.5, 0.6) is 11.5 Å². The maximum atomic E-state index is 13.9. The lowest BCUT2D eigenvalue weighted by Gasteiger charge is -2.15. The van der Waals surface area contributed by atoms with Crippen LogP contribution >= 0.6 is 0 Å². The molecule has 7 heteroatoms. The van der Waals surface area contributed by atoms with Crippen molar-refractivity contribution in [3.05, 3.63) is 53.8 Å². The minimum atomic E-state index is -1.13. The van der Waals surface area contributed by atoms with Gasteiger partial charge in [0.05, 0.1) is 25.5 Å². The topological polar surface area (TPSA) is 73.9 Å². The summed E-state index contributed by atoms with van der Waals surface area (Å²) in [6.07, 6.45) is -1.13. The van der Waals surface area contributed by atoms with E-state index in [4.69, 9.17) is 14.2 Å². The summed E-state index contributed by atoms with van der Waals surface area (Å²) in [5.74, 6) is -1.55. The third-order valence-corrected chi connectivity index (χ3v) is 3.41. The molecule has 0 aliphatic heterocycles. The molecule has 0 aliphatic rings. The first-order valence-corrected chi connectivity index (χ1v) is 7.44. The van der Waals surface area contributed by atoms with Crippen molar-refractivity contribution in [2.75, 3.05) is 19.5 Å². The van der Waals surface area contributed by atoms with Crippen LogP contribution in [-0.4, -0.2) is 32.2 Å². The Morgan fingerprint density at radius 2 is 1.80 bits per heavy atom. The van der Waals surface area contributed by atoms with Crippen LogP contribution in [0.1, 0.15) is 17.3 Å². The fraction of sp³-hybridized carbons (Fsp3) is 0.222. The normalized spacial score (nSPS) is 11.4. The molecule has 132 valence electrons. The van der Waals surface area contributed by atoms with Gasteiger partial charge in [-0.1, -0.05) is 12.1 Å². The second-order valence-electron chi connectivity index (χ2n) is 5.08. The molecule has 0 bridgehead atoms. The first kappa shape index (κ1) is 18.3. The number of ether oxygens (including phenoxy) is 3. The number of methoxy groups -OCH3 is 2. The average molecular weight is 347 g/mol. The Bertz CT molecular complexity index is 778. The van der Waals surface area contributed by atoms with E-state index in [1.165, 1.54) is 33.3 Å². The van der Waals surface area contributed by atoms with Crippen molar-refractivity contribution in [3.8, 4) is 11.5 Å². The minimum absolute atomic E-state index is 0.274. The first-order chi connectivity index (χ1) is 12.0. The predicted octanol–water partition coefficient (Wildman–Crippen LogP) is 3.03. The molecule has 0 saturated carbocycles. The van der Waals surface area contributed by atoms with E-state index in [1.54, 1.807) is 24.3 Å². The van der Waals surface area contributed by atoms with Crippen LogP contribution in [0, 0.1) is 5.82 Å². The standard InChI is InChI=1S/C18H18FNO5/c1-11(17(21)20-15-6-4-5-7-16(15)24-3)25-18(22)13-9-8-12(23-2)10-14(13)19/h4-11H,1-3H3,(H,20,21). The van der Waals surface area contributed by atoms with Gasteiger partial charge >= 0.3 is 5.97 Å². The first-order valence-electron chi connectivity index (χ1n) is 7.44. The van der Waals surface area contributed by atoms with Gasteiger partial charge in [0.25, 0.3) is 5.91 Å². The van der Waals surface area contributed by atoms with Crippen LogP contribution in [0.25, 0.3) is 0 Å². The van der Waals surface area contributed by atoms with Crippen molar-refractivity contribution < 1.29 is 28.2 Å². The number of amides is 1. The Kier molecular flexibility index (Phi) is 5.94. The van der Waals surface area contributed by atoms with E-state index in [1.807, 2.05) is 0 Å². The maximum Gasteiger partial charge on any atom is 0.341 e. The van der Waals surface area contributed by atoms with Crippen LogP contribution in [0.3, 0.4) is 0 Å². The smallest absolute Gasteiger partial charge is 0.341 e. The Morgan fingerprint density at radius 3 is 2.44 bits per heavy atom. The molecular weight excluding hydrogens is 329 g/mol. The van der Waals surface area contributed by atoms with Gasteiger partial charge in [-0.25, -0.2) is 9.18 Å². The molecule has 1 unspecified atom stereocenters. The quantitative estimate of drug-likeness (QED) is 0.813. The number of carbonyl (C=O) groups excluding carboxylic acids is 2. The van der Waals surface area contributed by atoms with Gasteiger partial charge < -0.3 is 19.5 Å². The number of carbonyl (C=O) groups is 2. The van der Waals surface area contributed by atoms with Gasteiger partial charge in [0.2, 0.25) is 0 Å². The molecule has 6 nitrogen and oxygen atoms in total. The van der Waals surface area contributed by atoms with E-state index < -0.39 is 23.8 Å². The fourth-order valence-corrected chi connectivity index (χ4v) is 2.05. The lowest BCUT2D eigenvalue weighted by atomic mass is 10.2. The number of rotatable bonds is 6. The Hall–Kier alpha value is -3.09. The maximum absolute atomic E-state index is 13.9. The van der Waals surface area contributed by atoms with Gasteiger partial charge in [0.1, 0.15) is 17.3 Å². The van der Waals surface area contributed by atoms with Gasteiger partial charge in [-0.2, -0.15) is 0 Å². The highest BCUT2D eigenvalue weighted by Crippen LogP contribution is 2.23. The Labute approximate surface area is 144 Å². The summed E-state index contributed by atoms with van der Waals surface area (Å²) in [5, 5.41) is 2.60. The van der Waals surface area contributed by atoms with Gasteiger partial charge in [-0.15, -0.1) is 0 Å². The summed E-state index contributed by atoms with van der Waals surface area (Å²) in [6.45, 7) is 1.39. The van der Waals surface area contributed by atoms with E-state index in [9.17, 15) is 14.0 Å². The molecule has 1 amide bonds. The zero-order valence-corrected chi connectivity index (χ0v) is 14.0. The molecule has 0 saturated heterocycles. The number of hydrogen-bond acceptors (Lipinski definition) is 5. The molecule has 2 aromatic rings. The Balaban J connectivity index is 2.04. The van der Waals surface area contributed by atoms with Crippen LogP contribution in [-0.2, 0) is 9.53 Å². The summed E-state index contributed by atoms with van der Waals surface area (Å²) in [5.41, 5.74) is 0.159. The zero-order valence-electron chi connectivity index (χ0n) is 14.0. The predicted molar refractivity (Wildman–Crippen MR) is 89.5 cm³/mol. The van der Waals surface area contributed by atoms with Crippen molar-refractivity contribution in [2.24, 2.45) is 0 Å². The van der Waals surface area contributed by atoms with Crippen molar-refractivity contribution in [3.63, 3.8) is 0 Å². The van der Waals surface area contributed by atoms with E-state index >= 15 is 0 Å². The number of nitrogens with one attached hydrogen (secondary N) is 1. The number of benzene rings is 2. The van der Waals surface area contributed by atoms with Crippen molar-refractivity contribution in [1.29, 1.82) is 0 Å². The Morgan fingerprint density at radius 1 is 1.08 bits per heavy atom. The molecule has 25 heavy (non-hydrogen) atoms. The monoisotopic (exact) mass is 347 g/mol. The second kappa shape index (κ2) is 8.14. The zero-order chi connectivity index (χ0) is 18.4. The number of esters is 1. The second-order valence-corrected chi connectivity index (χ2v) is 5.08. The van der Waals surface area contributed by atoms with Gasteiger partial charge in [0, 0.05) is 6.07 Å². The highest BCUT2D eigenvalue weighted by Gasteiger charge is 2.22. The van der Waals surface area contributed by atoms with Gasteiger partial charge in [-0.05, 0) is 31.2 Å². The molecule has 0 radical (unpaired) electrons. The summed E-state index contributed by atoms with van der Waals surface area (Å²) in [4.78, 5) is 24.2. The summed E-state index contributed by atoms with van der Waals surface area (Å²) >= 11 is 0. The lowest BCUT2D eigenvalue weighted by Crippen LogP contribution is -2.30. The minimum Gasteiger partial charge on any atom is -0.497 e. The highest BCUT2D eigenvalue weighted by atomic mass is 19.1. The third kappa shape index (κ3) is 4.47. The number of anilines is 1. The largest absolute Gasteiger partial charge is 0.497 e. The number of hydrogen-bond donors (Lipinski definition) is 1. The third-order valence-electron chi connectivity index (χ3n) is 3.41. The number of para-hydroxylation sites is 2. The van der Waals surface area contributed by atoms with Crippen molar-refractivity contribution in [1.82, 2.24) is 0 Å². The molecular formula is C18H18FNO5. The average Bonchev–Trinajstić information content (AvgIpc) is 2.61. The van der Waals surface area contributed by atoms with E-state index in [0.29, 0.717) is 11.4 Å². The van der Waals surface area contributed by atoms with E-state index in [2.05, 4.69) is 5.32 Å². The van der Waals surface area contributed by atoms with Gasteiger partial charge in [0.15, 0.2) is 6.10 Å². The summed E-state index contributed by atoms with van der Waals surface area (Å²) in [7, 11) is 2.86. The van der Waals surface area contributed by atoms with Crippen LogP contribution in [0.2, 0.25) is 0 Å². The molecule has 1 N–H and O–H groups in total. The highest BCUT2D eigenvalue weighted by molar-refractivity contribution is 5.98. The van der Waals surface area contributed by atoms with Crippen LogP contribution in [0.4, 0.5) is 10.1 Å². The van der Waals surface area contributed by atoms with Crippen molar-refractivity contribution in [2.45, 2.75) is 13.0 Å². The number of halogens is 1. The van der Waals surface area contributed by atoms with E-state index in [0.717, 1.165) is 6.07 Å². The summed E-state index contributed by atoms with van der Waals surface area (Å²) < 4.78 is 28.9. The molecule has 2 aromatic carbocycles. The molecule has 0 heterocycles. The SMILES string of the molecule is COc1ccc(C(=O)OC(C)C(=O)Nc2ccccc2OC)c(F)c1. The van der Waals surface area contributed by atoms with E-state index in [-0.39, 0.29) is 11.3 Å².